The molecule has 0 heterocycles. The van der Waals surface area contributed by atoms with Gasteiger partial charge in [0.25, 0.3) is 0 Å². The SMILES string of the molecule is C=C(C)C(C)=CC(=CCc1ccc(C(=O)c2ccccc2)cc1)C(C)=O. The Morgan fingerprint density at radius 2 is 1.46 bits per heavy atom. The van der Waals surface area contributed by atoms with E-state index in [1.54, 1.807) is 6.92 Å². The predicted octanol–water partition coefficient (Wildman–Crippen LogP) is 5.50. The Hall–Kier alpha value is -3.00. The average molecular weight is 344 g/mol. The largest absolute Gasteiger partial charge is 0.295 e. The molecule has 132 valence electrons. The zero-order valence-corrected chi connectivity index (χ0v) is 15.6. The summed E-state index contributed by atoms with van der Waals surface area (Å²) in [5.41, 5.74) is 5.01. The third kappa shape index (κ3) is 5.25. The van der Waals surface area contributed by atoms with Crippen LogP contribution in [0, 0.1) is 0 Å². The van der Waals surface area contributed by atoms with Crippen LogP contribution < -0.4 is 0 Å². The highest BCUT2D eigenvalue weighted by molar-refractivity contribution is 6.08. The van der Waals surface area contributed by atoms with Crippen LogP contribution in [0.3, 0.4) is 0 Å². The van der Waals surface area contributed by atoms with Crippen molar-refractivity contribution in [3.8, 4) is 0 Å². The lowest BCUT2D eigenvalue weighted by Gasteiger charge is -2.04. The maximum atomic E-state index is 12.4. The molecular weight excluding hydrogens is 320 g/mol. The van der Waals surface area contributed by atoms with Gasteiger partial charge in [0, 0.05) is 16.7 Å². The zero-order valence-electron chi connectivity index (χ0n) is 15.6. The highest BCUT2D eigenvalue weighted by Crippen LogP contribution is 2.14. The normalized spacial score (nSPS) is 12.0. The van der Waals surface area contributed by atoms with E-state index in [2.05, 4.69) is 6.58 Å². The summed E-state index contributed by atoms with van der Waals surface area (Å²) in [4.78, 5) is 24.3. The number of Topliss-reactive ketones (excluding diaryl/α,β-unsaturated/α-hetero) is 1. The van der Waals surface area contributed by atoms with E-state index in [0.717, 1.165) is 16.7 Å². The second kappa shape index (κ2) is 8.91. The number of rotatable bonds is 7. The van der Waals surface area contributed by atoms with Crippen molar-refractivity contribution < 1.29 is 9.59 Å². The fourth-order valence-corrected chi connectivity index (χ4v) is 2.44. The summed E-state index contributed by atoms with van der Waals surface area (Å²) in [5.74, 6) is 0.0404. The molecule has 0 spiro atoms. The van der Waals surface area contributed by atoms with Gasteiger partial charge < -0.3 is 0 Å². The molecular formula is C24H24O2. The average Bonchev–Trinajstić information content (AvgIpc) is 2.65. The molecule has 0 saturated heterocycles. The van der Waals surface area contributed by atoms with Crippen molar-refractivity contribution in [1.29, 1.82) is 0 Å². The Labute approximate surface area is 155 Å². The Balaban J connectivity index is 2.15. The molecule has 2 rings (SSSR count). The van der Waals surface area contributed by atoms with Crippen LogP contribution in [-0.4, -0.2) is 11.6 Å². The number of ketones is 2. The van der Waals surface area contributed by atoms with E-state index < -0.39 is 0 Å². The number of hydrogen-bond acceptors (Lipinski definition) is 2. The Kier molecular flexibility index (Phi) is 6.62. The topological polar surface area (TPSA) is 34.1 Å². The van der Waals surface area contributed by atoms with Gasteiger partial charge in [0.05, 0.1) is 0 Å². The molecule has 0 aromatic heterocycles. The molecule has 0 radical (unpaired) electrons. The first-order chi connectivity index (χ1) is 12.4. The van der Waals surface area contributed by atoms with E-state index in [9.17, 15) is 9.59 Å². The van der Waals surface area contributed by atoms with Crippen LogP contribution in [0.15, 0.2) is 90.0 Å². The van der Waals surface area contributed by atoms with Crippen molar-refractivity contribution in [2.45, 2.75) is 27.2 Å². The van der Waals surface area contributed by atoms with Gasteiger partial charge in [-0.15, -0.1) is 0 Å². The molecule has 26 heavy (non-hydrogen) atoms. The minimum absolute atomic E-state index is 0.0112. The van der Waals surface area contributed by atoms with Crippen LogP contribution in [0.1, 0.15) is 42.3 Å². The zero-order chi connectivity index (χ0) is 19.1. The Morgan fingerprint density at radius 3 is 2.00 bits per heavy atom. The fraction of sp³-hybridized carbons (Fsp3) is 0.167. The monoisotopic (exact) mass is 344 g/mol. The van der Waals surface area contributed by atoms with E-state index in [-0.39, 0.29) is 11.6 Å². The first-order valence-corrected chi connectivity index (χ1v) is 8.62. The predicted molar refractivity (Wildman–Crippen MR) is 107 cm³/mol. The molecule has 0 atom stereocenters. The van der Waals surface area contributed by atoms with Crippen LogP contribution in [-0.2, 0) is 11.2 Å². The summed E-state index contributed by atoms with van der Waals surface area (Å²) < 4.78 is 0. The maximum Gasteiger partial charge on any atom is 0.193 e. The van der Waals surface area contributed by atoms with Gasteiger partial charge in [0.1, 0.15) is 0 Å². The summed E-state index contributed by atoms with van der Waals surface area (Å²) >= 11 is 0. The second-order valence-corrected chi connectivity index (χ2v) is 6.42. The first-order valence-electron chi connectivity index (χ1n) is 8.62. The van der Waals surface area contributed by atoms with E-state index >= 15 is 0 Å². The Bertz CT molecular complexity index is 866. The van der Waals surface area contributed by atoms with Crippen LogP contribution in [0.2, 0.25) is 0 Å². The minimum atomic E-state index is 0.0112. The molecule has 0 saturated carbocycles. The van der Waals surface area contributed by atoms with Crippen molar-refractivity contribution in [2.75, 3.05) is 0 Å². The van der Waals surface area contributed by atoms with Gasteiger partial charge in [-0.2, -0.15) is 0 Å². The van der Waals surface area contributed by atoms with Crippen molar-refractivity contribution in [3.63, 3.8) is 0 Å². The number of carbonyl (C=O) groups excluding carboxylic acids is 2. The van der Waals surface area contributed by atoms with Crippen molar-refractivity contribution in [2.24, 2.45) is 0 Å². The third-order valence-electron chi connectivity index (χ3n) is 4.26. The highest BCUT2D eigenvalue weighted by Gasteiger charge is 2.08. The van der Waals surface area contributed by atoms with Crippen molar-refractivity contribution in [3.05, 3.63) is 107 Å². The van der Waals surface area contributed by atoms with Gasteiger partial charge in [-0.05, 0) is 44.4 Å². The lowest BCUT2D eigenvalue weighted by molar-refractivity contribution is -0.113. The molecule has 0 aliphatic carbocycles. The summed E-state index contributed by atoms with van der Waals surface area (Å²) in [6, 6.07) is 16.8. The first kappa shape index (κ1) is 19.3. The molecule has 2 aromatic rings. The van der Waals surface area contributed by atoms with Gasteiger partial charge in [-0.25, -0.2) is 0 Å². The maximum absolute atomic E-state index is 12.4. The number of benzene rings is 2. The smallest absolute Gasteiger partial charge is 0.193 e. The minimum Gasteiger partial charge on any atom is -0.295 e. The van der Waals surface area contributed by atoms with Crippen molar-refractivity contribution >= 4 is 11.6 Å². The molecule has 0 unspecified atom stereocenters. The Morgan fingerprint density at radius 1 is 0.885 bits per heavy atom. The van der Waals surface area contributed by atoms with Gasteiger partial charge >= 0.3 is 0 Å². The molecule has 0 aliphatic heterocycles. The van der Waals surface area contributed by atoms with Crippen LogP contribution >= 0.6 is 0 Å². The number of hydrogen-bond donors (Lipinski definition) is 0. The second-order valence-electron chi connectivity index (χ2n) is 6.42. The van der Waals surface area contributed by atoms with Crippen LogP contribution in [0.25, 0.3) is 0 Å². The quantitative estimate of drug-likeness (QED) is 0.378. The van der Waals surface area contributed by atoms with Gasteiger partial charge in [-0.1, -0.05) is 72.8 Å². The van der Waals surface area contributed by atoms with Gasteiger partial charge in [-0.3, -0.25) is 9.59 Å². The number of allylic oxidation sites excluding steroid dienone is 5. The summed E-state index contributed by atoms with van der Waals surface area (Å²) in [6.45, 7) is 9.33. The van der Waals surface area contributed by atoms with Crippen molar-refractivity contribution in [1.82, 2.24) is 0 Å². The van der Waals surface area contributed by atoms with E-state index in [1.807, 2.05) is 80.6 Å². The standard InChI is InChI=1S/C24H24O2/c1-17(2)18(3)16-23(19(4)25)15-12-20-10-13-22(14-11-20)24(26)21-8-6-5-7-9-21/h5-11,13-16H,1,12H2,2-4H3. The molecule has 0 fully saturated rings. The lowest BCUT2D eigenvalue weighted by Crippen LogP contribution is -2.01. The lowest BCUT2D eigenvalue weighted by atomic mass is 9.99. The van der Waals surface area contributed by atoms with Gasteiger partial charge in [0.15, 0.2) is 11.6 Å². The van der Waals surface area contributed by atoms with E-state index in [0.29, 0.717) is 23.1 Å². The third-order valence-corrected chi connectivity index (χ3v) is 4.26. The molecule has 0 aliphatic rings. The van der Waals surface area contributed by atoms with Crippen LogP contribution in [0.4, 0.5) is 0 Å². The van der Waals surface area contributed by atoms with Gasteiger partial charge in [0.2, 0.25) is 0 Å². The van der Waals surface area contributed by atoms with E-state index in [4.69, 9.17) is 0 Å². The van der Waals surface area contributed by atoms with E-state index in [1.165, 1.54) is 0 Å². The summed E-state index contributed by atoms with van der Waals surface area (Å²) in [7, 11) is 0. The highest BCUT2D eigenvalue weighted by atomic mass is 16.1. The van der Waals surface area contributed by atoms with Crippen LogP contribution in [0.5, 0.6) is 0 Å². The molecule has 2 aromatic carbocycles. The molecule has 0 bridgehead atoms. The molecule has 2 nitrogen and oxygen atoms in total. The fourth-order valence-electron chi connectivity index (χ4n) is 2.44. The molecule has 2 heteroatoms. The summed E-state index contributed by atoms with van der Waals surface area (Å²) in [5, 5.41) is 0. The number of carbonyl (C=O) groups is 2. The molecule has 0 amide bonds. The summed E-state index contributed by atoms with van der Waals surface area (Å²) in [6.07, 6.45) is 4.43. The molecule has 0 N–H and O–H groups in total.